The Kier molecular flexibility index (Phi) is 2.72. The topological polar surface area (TPSA) is 69.8 Å². The standard InChI is InChI=1S/C18H11N5S/c19-9-11(17-20-13-6-2-4-8-16(13)24-17)14-10-23-15-7-3-1-5-12(15)21-18(23)22-14/h1-8,10-11H,(H,21,22). The van der Waals surface area contributed by atoms with Crippen molar-refractivity contribution in [3.8, 4) is 6.07 Å². The second-order valence-electron chi connectivity index (χ2n) is 5.59. The van der Waals surface area contributed by atoms with Gasteiger partial charge in [0.05, 0.1) is 33.0 Å². The van der Waals surface area contributed by atoms with Crippen molar-refractivity contribution in [3.05, 3.63) is 65.4 Å². The van der Waals surface area contributed by atoms with Crippen LogP contribution in [0.4, 0.5) is 0 Å². The van der Waals surface area contributed by atoms with Crippen LogP contribution in [-0.4, -0.2) is 19.4 Å². The average Bonchev–Trinajstić information content (AvgIpc) is 3.27. The predicted octanol–water partition coefficient (Wildman–Crippen LogP) is 4.08. The Morgan fingerprint density at radius 2 is 1.83 bits per heavy atom. The van der Waals surface area contributed by atoms with E-state index in [0.29, 0.717) is 0 Å². The van der Waals surface area contributed by atoms with E-state index in [2.05, 4.69) is 21.0 Å². The molecule has 0 radical (unpaired) electrons. The van der Waals surface area contributed by atoms with E-state index in [1.165, 1.54) is 0 Å². The molecule has 6 heteroatoms. The lowest BCUT2D eigenvalue weighted by molar-refractivity contribution is 0.972. The van der Waals surface area contributed by atoms with Gasteiger partial charge in [-0.05, 0) is 24.3 Å². The molecule has 0 bridgehead atoms. The number of imidazole rings is 2. The van der Waals surface area contributed by atoms with Gasteiger partial charge < -0.3 is 4.98 Å². The Labute approximate surface area is 140 Å². The molecule has 1 unspecified atom stereocenters. The molecule has 5 aromatic rings. The maximum Gasteiger partial charge on any atom is 0.212 e. The average molecular weight is 329 g/mol. The summed E-state index contributed by atoms with van der Waals surface area (Å²) in [5.74, 6) is 0.315. The van der Waals surface area contributed by atoms with Crippen molar-refractivity contribution >= 4 is 38.4 Å². The van der Waals surface area contributed by atoms with Crippen molar-refractivity contribution in [1.29, 1.82) is 5.26 Å². The van der Waals surface area contributed by atoms with E-state index in [1.807, 2.05) is 59.1 Å². The summed E-state index contributed by atoms with van der Waals surface area (Å²) in [5, 5.41) is 10.5. The Balaban J connectivity index is 1.67. The lowest BCUT2D eigenvalue weighted by atomic mass is 10.1. The molecule has 0 aliphatic carbocycles. The molecule has 0 aliphatic rings. The van der Waals surface area contributed by atoms with Crippen LogP contribution >= 0.6 is 11.3 Å². The van der Waals surface area contributed by atoms with Crippen LogP contribution in [0.1, 0.15) is 16.6 Å². The lowest BCUT2D eigenvalue weighted by Crippen LogP contribution is -1.98. The van der Waals surface area contributed by atoms with Gasteiger partial charge >= 0.3 is 0 Å². The molecule has 24 heavy (non-hydrogen) atoms. The van der Waals surface area contributed by atoms with Crippen molar-refractivity contribution in [2.45, 2.75) is 5.92 Å². The zero-order valence-electron chi connectivity index (χ0n) is 12.5. The number of nitrogens with zero attached hydrogens (tertiary/aromatic N) is 4. The van der Waals surface area contributed by atoms with Gasteiger partial charge in [0.25, 0.3) is 0 Å². The highest BCUT2D eigenvalue weighted by atomic mass is 32.1. The van der Waals surface area contributed by atoms with Gasteiger partial charge in [0.2, 0.25) is 5.78 Å². The largest absolute Gasteiger partial charge is 0.326 e. The summed E-state index contributed by atoms with van der Waals surface area (Å²) in [6, 6.07) is 18.3. The first-order valence-electron chi connectivity index (χ1n) is 7.54. The SMILES string of the molecule is N#CC(c1cn2c(nc3ccccc32)[nH]1)c1nc2ccccc2s1. The van der Waals surface area contributed by atoms with Crippen LogP contribution in [0.25, 0.3) is 27.0 Å². The van der Waals surface area contributed by atoms with Crippen LogP contribution in [0.15, 0.2) is 54.7 Å². The first-order chi connectivity index (χ1) is 11.8. The monoisotopic (exact) mass is 329 g/mol. The molecule has 114 valence electrons. The highest BCUT2D eigenvalue weighted by Gasteiger charge is 2.21. The normalized spacial score (nSPS) is 12.8. The fourth-order valence-corrected chi connectivity index (χ4v) is 4.01. The zero-order chi connectivity index (χ0) is 16.1. The van der Waals surface area contributed by atoms with E-state index >= 15 is 0 Å². The summed E-state index contributed by atoms with van der Waals surface area (Å²) < 4.78 is 3.08. The van der Waals surface area contributed by atoms with E-state index in [1.54, 1.807) is 11.3 Å². The Hall–Kier alpha value is -3.17. The van der Waals surface area contributed by atoms with Crippen molar-refractivity contribution in [3.63, 3.8) is 0 Å². The van der Waals surface area contributed by atoms with Gasteiger partial charge in [0.15, 0.2) is 0 Å². The summed E-state index contributed by atoms with van der Waals surface area (Å²) in [4.78, 5) is 12.5. The number of hydrogen-bond donors (Lipinski definition) is 1. The summed E-state index contributed by atoms with van der Waals surface area (Å²) in [7, 11) is 0. The molecule has 1 N–H and O–H groups in total. The quantitative estimate of drug-likeness (QED) is 0.530. The van der Waals surface area contributed by atoms with Gasteiger partial charge in [0, 0.05) is 6.20 Å². The fraction of sp³-hybridized carbons (Fsp3) is 0.0556. The summed E-state index contributed by atoms with van der Waals surface area (Å²) in [5.41, 5.74) is 3.70. The summed E-state index contributed by atoms with van der Waals surface area (Å²) in [6.45, 7) is 0. The smallest absolute Gasteiger partial charge is 0.212 e. The molecule has 0 amide bonds. The summed E-state index contributed by atoms with van der Waals surface area (Å²) in [6.07, 6.45) is 1.95. The fourth-order valence-electron chi connectivity index (χ4n) is 2.98. The number of rotatable bonds is 2. The van der Waals surface area contributed by atoms with Crippen molar-refractivity contribution in [1.82, 2.24) is 19.4 Å². The first kappa shape index (κ1) is 13.3. The van der Waals surface area contributed by atoms with Gasteiger partial charge in [-0.25, -0.2) is 9.97 Å². The van der Waals surface area contributed by atoms with Crippen molar-refractivity contribution < 1.29 is 0 Å². The number of benzene rings is 2. The van der Waals surface area contributed by atoms with Crippen molar-refractivity contribution in [2.24, 2.45) is 0 Å². The summed E-state index contributed by atoms with van der Waals surface area (Å²) >= 11 is 1.56. The van der Waals surface area contributed by atoms with Crippen molar-refractivity contribution in [2.75, 3.05) is 0 Å². The highest BCUT2D eigenvalue weighted by molar-refractivity contribution is 7.18. The zero-order valence-corrected chi connectivity index (χ0v) is 13.3. The molecule has 0 fully saturated rings. The molecular formula is C18H11N5S. The molecule has 3 heterocycles. The third-order valence-electron chi connectivity index (χ3n) is 4.12. The van der Waals surface area contributed by atoms with Gasteiger partial charge in [-0.2, -0.15) is 5.26 Å². The van der Waals surface area contributed by atoms with E-state index in [9.17, 15) is 5.26 Å². The van der Waals surface area contributed by atoms with E-state index < -0.39 is 5.92 Å². The molecule has 5 nitrogen and oxygen atoms in total. The van der Waals surface area contributed by atoms with E-state index in [0.717, 1.165) is 37.7 Å². The Morgan fingerprint density at radius 1 is 1.04 bits per heavy atom. The van der Waals surface area contributed by atoms with Crippen LogP contribution in [-0.2, 0) is 0 Å². The van der Waals surface area contributed by atoms with Crippen LogP contribution in [0.3, 0.4) is 0 Å². The number of aromatic amines is 1. The molecule has 2 aromatic carbocycles. The molecule has 0 spiro atoms. The van der Waals surface area contributed by atoms with Crippen LogP contribution < -0.4 is 0 Å². The number of nitrogens with one attached hydrogen (secondary N) is 1. The van der Waals surface area contributed by atoms with Crippen LogP contribution in [0.5, 0.6) is 0 Å². The number of fused-ring (bicyclic) bond motifs is 4. The van der Waals surface area contributed by atoms with E-state index in [-0.39, 0.29) is 0 Å². The van der Waals surface area contributed by atoms with Gasteiger partial charge in [-0.3, -0.25) is 4.40 Å². The number of H-pyrrole nitrogens is 1. The number of hydrogen-bond acceptors (Lipinski definition) is 4. The second-order valence-corrected chi connectivity index (χ2v) is 6.65. The van der Waals surface area contributed by atoms with Gasteiger partial charge in [0.1, 0.15) is 10.9 Å². The van der Waals surface area contributed by atoms with Crippen LogP contribution in [0.2, 0.25) is 0 Å². The Morgan fingerprint density at radius 3 is 2.67 bits per heavy atom. The maximum absolute atomic E-state index is 9.70. The molecular weight excluding hydrogens is 318 g/mol. The number of aromatic nitrogens is 4. The molecule has 5 rings (SSSR count). The second kappa shape index (κ2) is 4.91. The predicted molar refractivity (Wildman–Crippen MR) is 94.1 cm³/mol. The molecule has 0 aliphatic heterocycles. The third-order valence-corrected chi connectivity index (χ3v) is 5.22. The maximum atomic E-state index is 9.70. The lowest BCUT2D eigenvalue weighted by Gasteiger charge is -2.01. The molecule has 0 saturated heterocycles. The highest BCUT2D eigenvalue weighted by Crippen LogP contribution is 2.31. The molecule has 3 aromatic heterocycles. The first-order valence-corrected chi connectivity index (χ1v) is 8.36. The third kappa shape index (κ3) is 1.85. The minimum absolute atomic E-state index is 0.428. The van der Waals surface area contributed by atoms with Gasteiger partial charge in [-0.15, -0.1) is 11.3 Å². The Bertz CT molecular complexity index is 1200. The molecule has 0 saturated carbocycles. The van der Waals surface area contributed by atoms with E-state index in [4.69, 9.17) is 0 Å². The number of thiazole rings is 1. The number of para-hydroxylation sites is 3. The minimum Gasteiger partial charge on any atom is -0.326 e. The van der Waals surface area contributed by atoms with Gasteiger partial charge in [-0.1, -0.05) is 24.3 Å². The molecule has 1 atom stereocenters. The number of nitriles is 1. The van der Waals surface area contributed by atoms with Crippen LogP contribution in [0, 0.1) is 11.3 Å². The minimum atomic E-state index is -0.428.